The third-order valence-electron chi connectivity index (χ3n) is 14.1. The molecule has 5 nitrogen and oxygen atoms in total. The van der Waals surface area contributed by atoms with E-state index in [1.807, 2.05) is 0 Å². The van der Waals surface area contributed by atoms with Crippen molar-refractivity contribution >= 4 is 11.9 Å². The van der Waals surface area contributed by atoms with Gasteiger partial charge in [-0.25, -0.2) is 0 Å². The van der Waals surface area contributed by atoms with Crippen LogP contribution in [-0.2, 0) is 19.1 Å². The van der Waals surface area contributed by atoms with E-state index in [4.69, 9.17) is 9.47 Å². The number of hydrogen-bond acceptors (Lipinski definition) is 5. The molecule has 0 aromatic rings. The van der Waals surface area contributed by atoms with Crippen molar-refractivity contribution in [2.24, 2.45) is 0 Å². The summed E-state index contributed by atoms with van der Waals surface area (Å²) in [7, 11) is 0. The van der Waals surface area contributed by atoms with Crippen molar-refractivity contribution in [3.63, 3.8) is 0 Å². The maximum Gasteiger partial charge on any atom is 0.306 e. The molecule has 0 saturated carbocycles. The van der Waals surface area contributed by atoms with Gasteiger partial charge in [-0.3, -0.25) is 9.59 Å². The summed E-state index contributed by atoms with van der Waals surface area (Å²) in [4.78, 5) is 24.6. The molecule has 0 fully saturated rings. The monoisotopic (exact) mass is 1050 g/mol. The average Bonchev–Trinajstić information content (AvgIpc) is 3.42. The Bertz CT molecular complexity index is 1470. The van der Waals surface area contributed by atoms with Crippen LogP contribution in [0.5, 0.6) is 0 Å². The summed E-state index contributed by atoms with van der Waals surface area (Å²) in [6, 6.07) is 0. The minimum atomic E-state index is -0.778. The van der Waals surface area contributed by atoms with Gasteiger partial charge < -0.3 is 14.6 Å². The predicted octanol–water partition coefficient (Wildman–Crippen LogP) is 22.4. The van der Waals surface area contributed by atoms with E-state index in [0.29, 0.717) is 12.8 Å². The Kier molecular flexibility index (Phi) is 62.9. The van der Waals surface area contributed by atoms with Gasteiger partial charge in [0.05, 0.1) is 6.61 Å². The van der Waals surface area contributed by atoms with Gasteiger partial charge in [0.25, 0.3) is 0 Å². The molecule has 1 atom stereocenters. The standard InChI is InChI=1S/C71H122O5/c1-3-5-7-9-11-13-15-17-19-21-23-25-27-28-29-30-31-32-33-34-35-36-37-38-39-40-41-42-44-46-48-50-52-54-56-58-60-62-64-66-71(74)76-69(67-72)68-75-70(73)65-63-61-59-57-55-53-51-49-47-45-43-26-24-22-20-18-16-14-12-10-8-6-4-2/h5-8,11-14,17-20,23-26,28-29,69,72H,3-4,9-10,15-16,21-22,27,30-68H2,1-2H3/b7-5-,8-6-,13-11-,14-12-,19-17-,20-18-,25-23-,26-24-,29-28-. The number of aliphatic hydroxyl groups excluding tert-OH is 1. The van der Waals surface area contributed by atoms with Crippen molar-refractivity contribution in [2.45, 2.75) is 315 Å². The van der Waals surface area contributed by atoms with Gasteiger partial charge in [0.2, 0.25) is 0 Å². The predicted molar refractivity (Wildman–Crippen MR) is 334 cm³/mol. The van der Waals surface area contributed by atoms with Gasteiger partial charge in [0, 0.05) is 12.8 Å². The van der Waals surface area contributed by atoms with Gasteiger partial charge in [-0.1, -0.05) is 309 Å². The fourth-order valence-corrected chi connectivity index (χ4v) is 9.28. The number of ether oxygens (including phenoxy) is 2. The van der Waals surface area contributed by atoms with E-state index >= 15 is 0 Å². The molecule has 0 saturated heterocycles. The van der Waals surface area contributed by atoms with Crippen LogP contribution < -0.4 is 0 Å². The first-order valence-electron chi connectivity index (χ1n) is 32.4. The summed E-state index contributed by atoms with van der Waals surface area (Å²) in [6.07, 6.45) is 95.3. The van der Waals surface area contributed by atoms with E-state index in [1.54, 1.807) is 0 Å². The van der Waals surface area contributed by atoms with E-state index < -0.39 is 6.10 Å². The lowest BCUT2D eigenvalue weighted by Gasteiger charge is -2.15. The molecule has 0 radical (unpaired) electrons. The Labute approximate surface area is 471 Å². The number of rotatable bonds is 59. The smallest absolute Gasteiger partial charge is 0.306 e. The summed E-state index contributed by atoms with van der Waals surface area (Å²) < 4.78 is 10.7. The highest BCUT2D eigenvalue weighted by Crippen LogP contribution is 2.17. The highest BCUT2D eigenvalue weighted by molar-refractivity contribution is 5.70. The zero-order valence-corrected chi connectivity index (χ0v) is 50.0. The van der Waals surface area contributed by atoms with Crippen LogP contribution in [0.25, 0.3) is 0 Å². The van der Waals surface area contributed by atoms with Gasteiger partial charge >= 0.3 is 11.9 Å². The number of esters is 2. The van der Waals surface area contributed by atoms with Crippen LogP contribution >= 0.6 is 0 Å². The summed E-state index contributed by atoms with van der Waals surface area (Å²) in [5, 5.41) is 9.68. The molecule has 0 heterocycles. The van der Waals surface area contributed by atoms with Crippen molar-refractivity contribution < 1.29 is 24.2 Å². The Morgan fingerprint density at radius 2 is 0.526 bits per heavy atom. The number of aliphatic hydroxyl groups is 1. The third kappa shape index (κ3) is 63.1. The Morgan fingerprint density at radius 3 is 0.789 bits per heavy atom. The SMILES string of the molecule is CC/C=C\C/C=C\C/C=C\C/C=C\C/C=C\CCCCCCCCCCCCCCCCCCCCCCCCCC(=O)OC(CO)COC(=O)CCCCCCCCCCCC/C=C\C/C=C\C/C=C\C/C=C\CC. The van der Waals surface area contributed by atoms with Gasteiger partial charge in [-0.15, -0.1) is 0 Å². The van der Waals surface area contributed by atoms with Crippen LogP contribution in [0.4, 0.5) is 0 Å². The fourth-order valence-electron chi connectivity index (χ4n) is 9.28. The molecular formula is C71H122O5. The topological polar surface area (TPSA) is 72.8 Å². The van der Waals surface area contributed by atoms with E-state index in [1.165, 1.54) is 186 Å². The molecular weight excluding hydrogens is 933 g/mol. The molecule has 0 spiro atoms. The normalized spacial score (nSPS) is 12.9. The number of carbonyl (C=O) groups excluding carboxylic acids is 2. The first-order valence-corrected chi connectivity index (χ1v) is 32.4. The maximum atomic E-state index is 12.3. The van der Waals surface area contributed by atoms with Crippen LogP contribution in [0.2, 0.25) is 0 Å². The quantitative estimate of drug-likeness (QED) is 0.0373. The zero-order valence-electron chi connectivity index (χ0n) is 50.0. The van der Waals surface area contributed by atoms with Gasteiger partial charge in [-0.2, -0.15) is 0 Å². The van der Waals surface area contributed by atoms with E-state index in [-0.39, 0.29) is 25.2 Å². The summed E-state index contributed by atoms with van der Waals surface area (Å²) >= 11 is 0. The van der Waals surface area contributed by atoms with Crippen molar-refractivity contribution in [3.05, 3.63) is 109 Å². The highest BCUT2D eigenvalue weighted by atomic mass is 16.6. The molecule has 0 aliphatic carbocycles. The Morgan fingerprint density at radius 1 is 0.303 bits per heavy atom. The molecule has 0 amide bonds. The largest absolute Gasteiger partial charge is 0.462 e. The summed E-state index contributed by atoms with van der Waals surface area (Å²) in [5.41, 5.74) is 0. The highest BCUT2D eigenvalue weighted by Gasteiger charge is 2.16. The Hall–Kier alpha value is -3.44. The number of hydrogen-bond donors (Lipinski definition) is 1. The first kappa shape index (κ1) is 72.6. The second-order valence-corrected chi connectivity index (χ2v) is 21.4. The molecule has 0 bridgehead atoms. The molecule has 1 unspecified atom stereocenters. The zero-order chi connectivity index (χ0) is 54.8. The molecule has 0 aliphatic heterocycles. The first-order chi connectivity index (χ1) is 37.6. The van der Waals surface area contributed by atoms with Crippen LogP contribution in [0, 0.1) is 0 Å². The van der Waals surface area contributed by atoms with E-state index in [0.717, 1.165) is 96.3 Å². The molecule has 1 N–H and O–H groups in total. The maximum absolute atomic E-state index is 12.3. The number of allylic oxidation sites excluding steroid dienone is 18. The van der Waals surface area contributed by atoms with Gasteiger partial charge in [0.1, 0.15) is 6.61 Å². The van der Waals surface area contributed by atoms with Gasteiger partial charge in [-0.05, 0) is 96.3 Å². The average molecular weight is 1060 g/mol. The fraction of sp³-hybridized carbons (Fsp3) is 0.718. The minimum Gasteiger partial charge on any atom is -0.462 e. The van der Waals surface area contributed by atoms with Crippen LogP contribution in [0.15, 0.2) is 109 Å². The van der Waals surface area contributed by atoms with E-state index in [2.05, 4.69) is 123 Å². The minimum absolute atomic E-state index is 0.0691. The van der Waals surface area contributed by atoms with Crippen molar-refractivity contribution in [3.8, 4) is 0 Å². The summed E-state index contributed by atoms with van der Waals surface area (Å²) in [6.45, 7) is 3.94. The molecule has 0 aliphatic rings. The molecule has 76 heavy (non-hydrogen) atoms. The second-order valence-electron chi connectivity index (χ2n) is 21.4. The molecule has 5 heteroatoms. The van der Waals surface area contributed by atoms with Crippen LogP contribution in [0.1, 0.15) is 309 Å². The van der Waals surface area contributed by atoms with E-state index in [9.17, 15) is 14.7 Å². The van der Waals surface area contributed by atoms with Crippen molar-refractivity contribution in [2.75, 3.05) is 13.2 Å². The lowest BCUT2D eigenvalue weighted by molar-refractivity contribution is -0.161. The van der Waals surface area contributed by atoms with Crippen LogP contribution in [-0.4, -0.2) is 36.4 Å². The summed E-state index contributed by atoms with van der Waals surface area (Å²) in [5.74, 6) is -0.587. The van der Waals surface area contributed by atoms with Crippen molar-refractivity contribution in [1.82, 2.24) is 0 Å². The lowest BCUT2D eigenvalue weighted by Crippen LogP contribution is -2.28. The lowest BCUT2D eigenvalue weighted by atomic mass is 10.0. The van der Waals surface area contributed by atoms with Crippen LogP contribution in [0.3, 0.4) is 0 Å². The molecule has 0 aromatic heterocycles. The second kappa shape index (κ2) is 65.8. The number of unbranched alkanes of at least 4 members (excludes halogenated alkanes) is 33. The van der Waals surface area contributed by atoms with Gasteiger partial charge in [0.15, 0.2) is 6.10 Å². The third-order valence-corrected chi connectivity index (χ3v) is 14.1. The van der Waals surface area contributed by atoms with Crippen molar-refractivity contribution in [1.29, 1.82) is 0 Å². The molecule has 0 aromatic carbocycles. The Balaban J connectivity index is 3.44. The molecule has 0 rings (SSSR count). The number of carbonyl (C=O) groups is 2. The molecule has 436 valence electrons.